The summed E-state index contributed by atoms with van der Waals surface area (Å²) in [4.78, 5) is 30.9. The lowest BCUT2D eigenvalue weighted by molar-refractivity contribution is 0.459. The van der Waals surface area contributed by atoms with Crippen LogP contribution in [0, 0.1) is 6.92 Å². The van der Waals surface area contributed by atoms with Crippen LogP contribution in [0.15, 0.2) is 27.8 Å². The lowest BCUT2D eigenvalue weighted by atomic mass is 9.96. The predicted octanol–water partition coefficient (Wildman–Crippen LogP) is 3.21. The van der Waals surface area contributed by atoms with Crippen LogP contribution in [0.1, 0.15) is 57.1 Å². The Balaban J connectivity index is 1.92. The summed E-state index contributed by atoms with van der Waals surface area (Å²) < 4.78 is 4.75. The smallest absolute Gasteiger partial charge is 0.332 e. The maximum Gasteiger partial charge on any atom is 0.332 e. The van der Waals surface area contributed by atoms with Crippen molar-refractivity contribution in [1.29, 1.82) is 0 Å². The highest BCUT2D eigenvalue weighted by atomic mass is 16.3. The number of nitrogens with zero attached hydrogens (tertiary/aromatic N) is 4. The lowest BCUT2D eigenvalue weighted by Crippen LogP contribution is -2.40. The van der Waals surface area contributed by atoms with Gasteiger partial charge < -0.3 is 10.4 Å². The van der Waals surface area contributed by atoms with Crippen LogP contribution >= 0.6 is 0 Å². The summed E-state index contributed by atoms with van der Waals surface area (Å²) in [6, 6.07) is 5.75. The molecule has 1 aliphatic carbocycles. The third-order valence-electron chi connectivity index (χ3n) is 6.29. The second-order valence-corrected chi connectivity index (χ2v) is 8.37. The Labute approximate surface area is 181 Å². The average Bonchev–Trinajstić information content (AvgIpc) is 3.10. The maximum atomic E-state index is 13.3. The van der Waals surface area contributed by atoms with E-state index in [9.17, 15) is 14.7 Å². The van der Waals surface area contributed by atoms with Crippen LogP contribution < -0.4 is 16.6 Å². The van der Waals surface area contributed by atoms with E-state index in [0.717, 1.165) is 24.0 Å². The van der Waals surface area contributed by atoms with Crippen LogP contribution in [0.5, 0.6) is 5.75 Å². The summed E-state index contributed by atoms with van der Waals surface area (Å²) in [5, 5.41) is 13.5. The number of nitrogens with one attached hydrogen (secondary N) is 1. The fourth-order valence-corrected chi connectivity index (χ4v) is 4.55. The number of phenols is 1. The molecule has 0 atom stereocenters. The quantitative estimate of drug-likeness (QED) is 0.632. The van der Waals surface area contributed by atoms with Gasteiger partial charge in [0.05, 0.1) is 6.54 Å². The number of phenolic OH excluding ortho intramolecular Hbond substituents is 1. The van der Waals surface area contributed by atoms with Crippen molar-refractivity contribution in [1.82, 2.24) is 18.7 Å². The van der Waals surface area contributed by atoms with Gasteiger partial charge in [0.25, 0.3) is 5.56 Å². The van der Waals surface area contributed by atoms with Crippen LogP contribution in [0.4, 0.5) is 5.95 Å². The number of fused-ring (bicyclic) bond motifs is 1. The molecule has 1 fully saturated rings. The highest BCUT2D eigenvalue weighted by molar-refractivity contribution is 5.74. The first kappa shape index (κ1) is 21.2. The first-order chi connectivity index (χ1) is 14.9. The minimum Gasteiger partial charge on any atom is -0.508 e. The molecule has 2 heterocycles. The van der Waals surface area contributed by atoms with Crippen molar-refractivity contribution in [3.05, 3.63) is 50.2 Å². The van der Waals surface area contributed by atoms with Crippen molar-refractivity contribution in [2.24, 2.45) is 0 Å². The molecule has 3 aromatic rings. The van der Waals surface area contributed by atoms with E-state index in [0.29, 0.717) is 42.8 Å². The fraction of sp³-hybridized carbons (Fsp3) is 0.522. The van der Waals surface area contributed by atoms with E-state index in [2.05, 4.69) is 5.32 Å². The molecule has 31 heavy (non-hydrogen) atoms. The van der Waals surface area contributed by atoms with E-state index in [1.165, 1.54) is 23.8 Å². The van der Waals surface area contributed by atoms with E-state index in [1.807, 2.05) is 30.5 Å². The summed E-state index contributed by atoms with van der Waals surface area (Å²) >= 11 is 0. The van der Waals surface area contributed by atoms with Gasteiger partial charge >= 0.3 is 5.69 Å². The second kappa shape index (κ2) is 8.61. The highest BCUT2D eigenvalue weighted by Crippen LogP contribution is 2.25. The molecule has 0 radical (unpaired) electrons. The van der Waals surface area contributed by atoms with Crippen LogP contribution in [0.2, 0.25) is 0 Å². The summed E-state index contributed by atoms with van der Waals surface area (Å²) in [7, 11) is 0. The Bertz CT molecular complexity index is 1210. The van der Waals surface area contributed by atoms with Crippen LogP contribution in [-0.4, -0.2) is 29.8 Å². The van der Waals surface area contributed by atoms with Crippen molar-refractivity contribution in [3.8, 4) is 5.75 Å². The lowest BCUT2D eigenvalue weighted by Gasteiger charge is -2.23. The molecule has 2 N–H and O–H groups in total. The van der Waals surface area contributed by atoms with Crippen molar-refractivity contribution in [2.45, 2.75) is 78.6 Å². The minimum atomic E-state index is -0.322. The average molecular weight is 426 g/mol. The number of hydrogen-bond donors (Lipinski definition) is 2. The number of rotatable bonds is 6. The minimum absolute atomic E-state index is 0.243. The zero-order valence-electron chi connectivity index (χ0n) is 18.5. The van der Waals surface area contributed by atoms with Gasteiger partial charge in [-0.3, -0.25) is 18.5 Å². The molecule has 0 spiro atoms. The molecule has 8 heteroatoms. The normalized spacial score (nSPS) is 14.9. The highest BCUT2D eigenvalue weighted by Gasteiger charge is 2.23. The zero-order chi connectivity index (χ0) is 22.1. The third-order valence-corrected chi connectivity index (χ3v) is 6.29. The van der Waals surface area contributed by atoms with E-state index in [4.69, 9.17) is 4.98 Å². The van der Waals surface area contributed by atoms with E-state index in [1.54, 1.807) is 17.6 Å². The molecule has 8 nitrogen and oxygen atoms in total. The summed E-state index contributed by atoms with van der Waals surface area (Å²) in [5.74, 6) is 0.869. The molecule has 0 aliphatic heterocycles. The molecule has 0 bridgehead atoms. The number of anilines is 1. The predicted molar refractivity (Wildman–Crippen MR) is 122 cm³/mol. The molecule has 0 saturated heterocycles. The van der Waals surface area contributed by atoms with E-state index in [-0.39, 0.29) is 17.0 Å². The molecule has 0 amide bonds. The SMILES string of the molecule is CCn1c(=O)c2c(nc(NC3CCCCC3)n2Cc2ccc(O)c(C)c2)n(CC)c1=O. The van der Waals surface area contributed by atoms with Gasteiger partial charge in [-0.05, 0) is 50.8 Å². The standard InChI is InChI=1S/C23H31N5O3/c1-4-26-20-19(21(30)27(5-2)23(26)31)28(14-16-11-12-18(29)15(3)13-16)22(25-20)24-17-9-7-6-8-10-17/h11-13,17,29H,4-10,14H2,1-3H3,(H,24,25). The Hall–Kier alpha value is -3.03. The second-order valence-electron chi connectivity index (χ2n) is 8.37. The van der Waals surface area contributed by atoms with Gasteiger partial charge in [0.2, 0.25) is 5.95 Å². The Morgan fingerprint density at radius 1 is 1.06 bits per heavy atom. The van der Waals surface area contributed by atoms with Crippen LogP contribution in [0.25, 0.3) is 11.2 Å². The molecule has 1 aliphatic rings. The number of aryl methyl sites for hydroxylation is 2. The maximum absolute atomic E-state index is 13.3. The number of aromatic nitrogens is 4. The largest absolute Gasteiger partial charge is 0.508 e. The van der Waals surface area contributed by atoms with E-state index >= 15 is 0 Å². The molecule has 1 aromatic carbocycles. The van der Waals surface area contributed by atoms with Crippen molar-refractivity contribution >= 4 is 17.1 Å². The Kier molecular flexibility index (Phi) is 5.89. The van der Waals surface area contributed by atoms with Crippen molar-refractivity contribution < 1.29 is 5.11 Å². The Morgan fingerprint density at radius 2 is 1.77 bits per heavy atom. The Morgan fingerprint density at radius 3 is 2.42 bits per heavy atom. The van der Waals surface area contributed by atoms with Crippen molar-refractivity contribution in [2.75, 3.05) is 5.32 Å². The molecule has 4 rings (SSSR count). The summed E-state index contributed by atoms with van der Waals surface area (Å²) in [5.41, 5.74) is 1.96. The van der Waals surface area contributed by atoms with Gasteiger partial charge in [-0.15, -0.1) is 0 Å². The summed E-state index contributed by atoms with van der Waals surface area (Å²) in [6.07, 6.45) is 5.75. The number of benzene rings is 1. The zero-order valence-corrected chi connectivity index (χ0v) is 18.5. The fourth-order valence-electron chi connectivity index (χ4n) is 4.55. The molecular weight excluding hydrogens is 394 g/mol. The molecule has 2 aromatic heterocycles. The van der Waals surface area contributed by atoms with Gasteiger partial charge in [-0.1, -0.05) is 31.4 Å². The molecule has 1 saturated carbocycles. The first-order valence-corrected chi connectivity index (χ1v) is 11.2. The van der Waals surface area contributed by atoms with Crippen LogP contribution in [-0.2, 0) is 19.6 Å². The van der Waals surface area contributed by atoms with Crippen molar-refractivity contribution in [3.63, 3.8) is 0 Å². The topological polar surface area (TPSA) is 94.1 Å². The van der Waals surface area contributed by atoms with E-state index < -0.39 is 0 Å². The van der Waals surface area contributed by atoms with Gasteiger partial charge in [-0.25, -0.2) is 4.79 Å². The molecule has 166 valence electrons. The number of hydrogen-bond acceptors (Lipinski definition) is 5. The van der Waals surface area contributed by atoms with Gasteiger partial charge in [-0.2, -0.15) is 4.98 Å². The first-order valence-electron chi connectivity index (χ1n) is 11.2. The number of aromatic hydroxyl groups is 1. The van der Waals surface area contributed by atoms with Gasteiger partial charge in [0.15, 0.2) is 11.2 Å². The van der Waals surface area contributed by atoms with Gasteiger partial charge in [0.1, 0.15) is 5.75 Å². The van der Waals surface area contributed by atoms with Crippen LogP contribution in [0.3, 0.4) is 0 Å². The third kappa shape index (κ3) is 3.86. The summed E-state index contributed by atoms with van der Waals surface area (Å²) in [6.45, 7) is 6.72. The number of imidazole rings is 1. The van der Waals surface area contributed by atoms with Gasteiger partial charge in [0, 0.05) is 19.1 Å². The molecular formula is C23H31N5O3. The molecule has 0 unspecified atom stereocenters. The monoisotopic (exact) mass is 425 g/mol.